The first kappa shape index (κ1) is 13.0. The average molecular weight is 297 g/mol. The molecular formula is C14H21BrN2. The highest BCUT2D eigenvalue weighted by Crippen LogP contribution is 2.22. The van der Waals surface area contributed by atoms with E-state index in [4.69, 9.17) is 0 Å². The number of hydrogen-bond acceptors (Lipinski definition) is 2. The van der Waals surface area contributed by atoms with Gasteiger partial charge in [-0.1, -0.05) is 25.8 Å². The third-order valence-electron chi connectivity index (χ3n) is 3.60. The van der Waals surface area contributed by atoms with Gasteiger partial charge in [-0.25, -0.2) is 4.98 Å². The fourth-order valence-electron chi connectivity index (χ4n) is 2.49. The fraction of sp³-hybridized carbons (Fsp3) is 0.643. The Labute approximate surface area is 112 Å². The van der Waals surface area contributed by atoms with Crippen molar-refractivity contribution in [1.82, 2.24) is 10.3 Å². The van der Waals surface area contributed by atoms with E-state index >= 15 is 0 Å². The Balaban J connectivity index is 1.81. The zero-order valence-electron chi connectivity index (χ0n) is 10.5. The minimum absolute atomic E-state index is 0.681. The molecule has 94 valence electrons. The molecule has 0 amide bonds. The van der Waals surface area contributed by atoms with Crippen LogP contribution in [0.4, 0.5) is 0 Å². The molecule has 2 unspecified atom stereocenters. The van der Waals surface area contributed by atoms with Crippen LogP contribution in [0, 0.1) is 5.92 Å². The third kappa shape index (κ3) is 4.40. The van der Waals surface area contributed by atoms with Crippen LogP contribution in [0.2, 0.25) is 0 Å². The van der Waals surface area contributed by atoms with Gasteiger partial charge in [0.05, 0.1) is 5.69 Å². The van der Waals surface area contributed by atoms with E-state index in [1.807, 2.05) is 12.1 Å². The lowest BCUT2D eigenvalue weighted by molar-refractivity contribution is 0.445. The molecule has 1 aromatic heterocycles. The van der Waals surface area contributed by atoms with Gasteiger partial charge >= 0.3 is 0 Å². The molecule has 2 rings (SSSR count). The topological polar surface area (TPSA) is 24.9 Å². The SMILES string of the molecule is CC1CCCC(NCc2cccc(Br)n2)CC1. The first-order valence-electron chi connectivity index (χ1n) is 6.59. The molecule has 1 aliphatic carbocycles. The molecule has 0 spiro atoms. The summed E-state index contributed by atoms with van der Waals surface area (Å²) in [4.78, 5) is 4.45. The second-order valence-corrected chi connectivity index (χ2v) is 5.96. The minimum atomic E-state index is 0.681. The lowest BCUT2D eigenvalue weighted by atomic mass is 10.0. The number of nitrogens with one attached hydrogen (secondary N) is 1. The Bertz CT molecular complexity index is 354. The van der Waals surface area contributed by atoms with Crippen LogP contribution in [-0.4, -0.2) is 11.0 Å². The molecule has 2 nitrogen and oxygen atoms in total. The summed E-state index contributed by atoms with van der Waals surface area (Å²) in [6.07, 6.45) is 6.76. The van der Waals surface area contributed by atoms with E-state index < -0.39 is 0 Å². The summed E-state index contributed by atoms with van der Waals surface area (Å²) in [5, 5.41) is 3.64. The van der Waals surface area contributed by atoms with Crippen LogP contribution in [0.1, 0.15) is 44.7 Å². The largest absolute Gasteiger partial charge is 0.308 e. The van der Waals surface area contributed by atoms with Gasteiger partial charge in [-0.05, 0) is 53.2 Å². The second kappa shape index (κ2) is 6.50. The van der Waals surface area contributed by atoms with Gasteiger partial charge in [0.2, 0.25) is 0 Å². The lowest BCUT2D eigenvalue weighted by Crippen LogP contribution is -2.28. The smallest absolute Gasteiger partial charge is 0.106 e. The van der Waals surface area contributed by atoms with E-state index in [0.29, 0.717) is 6.04 Å². The van der Waals surface area contributed by atoms with Gasteiger partial charge in [-0.2, -0.15) is 0 Å². The van der Waals surface area contributed by atoms with Gasteiger partial charge in [0.25, 0.3) is 0 Å². The number of pyridine rings is 1. The molecule has 1 N–H and O–H groups in total. The summed E-state index contributed by atoms with van der Waals surface area (Å²) in [6, 6.07) is 6.78. The van der Waals surface area contributed by atoms with Gasteiger partial charge < -0.3 is 5.32 Å². The maximum Gasteiger partial charge on any atom is 0.106 e. The molecule has 2 atom stereocenters. The summed E-state index contributed by atoms with van der Waals surface area (Å²) < 4.78 is 0.922. The van der Waals surface area contributed by atoms with E-state index in [-0.39, 0.29) is 0 Å². The number of rotatable bonds is 3. The van der Waals surface area contributed by atoms with Crippen molar-refractivity contribution in [2.45, 2.75) is 51.6 Å². The predicted molar refractivity (Wildman–Crippen MR) is 74.8 cm³/mol. The van der Waals surface area contributed by atoms with Crippen molar-refractivity contribution in [3.8, 4) is 0 Å². The average Bonchev–Trinajstić information content (AvgIpc) is 2.52. The van der Waals surface area contributed by atoms with Gasteiger partial charge in [0, 0.05) is 12.6 Å². The summed E-state index contributed by atoms with van der Waals surface area (Å²) in [7, 11) is 0. The summed E-state index contributed by atoms with van der Waals surface area (Å²) >= 11 is 3.41. The standard InChI is InChI=1S/C14H21BrN2/c1-11-4-2-5-12(9-8-11)16-10-13-6-3-7-14(15)17-13/h3,6-7,11-12,16H,2,4-5,8-10H2,1H3. The van der Waals surface area contributed by atoms with Crippen LogP contribution in [0.15, 0.2) is 22.8 Å². The van der Waals surface area contributed by atoms with Crippen LogP contribution >= 0.6 is 15.9 Å². The maximum absolute atomic E-state index is 4.45. The zero-order chi connectivity index (χ0) is 12.1. The maximum atomic E-state index is 4.45. The van der Waals surface area contributed by atoms with Gasteiger partial charge in [0.1, 0.15) is 4.60 Å². The summed E-state index contributed by atoms with van der Waals surface area (Å²) in [5.41, 5.74) is 1.12. The van der Waals surface area contributed by atoms with E-state index in [0.717, 1.165) is 22.8 Å². The molecule has 0 radical (unpaired) electrons. The van der Waals surface area contributed by atoms with Gasteiger partial charge in [0.15, 0.2) is 0 Å². The summed E-state index contributed by atoms with van der Waals surface area (Å²) in [5.74, 6) is 0.908. The third-order valence-corrected chi connectivity index (χ3v) is 4.04. The highest BCUT2D eigenvalue weighted by atomic mass is 79.9. The molecule has 1 aromatic rings. The Kier molecular flexibility index (Phi) is 4.99. The van der Waals surface area contributed by atoms with E-state index in [1.54, 1.807) is 0 Å². The number of halogens is 1. The Morgan fingerprint density at radius 3 is 3.00 bits per heavy atom. The molecule has 3 heteroatoms. The molecule has 0 bridgehead atoms. The fourth-order valence-corrected chi connectivity index (χ4v) is 2.87. The highest BCUT2D eigenvalue weighted by Gasteiger charge is 2.15. The molecule has 0 saturated heterocycles. The van der Waals surface area contributed by atoms with Crippen molar-refractivity contribution in [1.29, 1.82) is 0 Å². The second-order valence-electron chi connectivity index (χ2n) is 5.14. The Morgan fingerprint density at radius 1 is 1.29 bits per heavy atom. The first-order chi connectivity index (χ1) is 8.24. The zero-order valence-corrected chi connectivity index (χ0v) is 12.0. The monoisotopic (exact) mass is 296 g/mol. The van der Waals surface area contributed by atoms with Crippen molar-refractivity contribution in [3.63, 3.8) is 0 Å². The molecule has 1 saturated carbocycles. The molecular weight excluding hydrogens is 276 g/mol. The van der Waals surface area contributed by atoms with Crippen LogP contribution in [0.5, 0.6) is 0 Å². The van der Waals surface area contributed by atoms with E-state index in [1.165, 1.54) is 32.1 Å². The molecule has 17 heavy (non-hydrogen) atoms. The molecule has 1 heterocycles. The Morgan fingerprint density at radius 2 is 2.18 bits per heavy atom. The number of nitrogens with zero attached hydrogens (tertiary/aromatic N) is 1. The highest BCUT2D eigenvalue weighted by molar-refractivity contribution is 9.10. The normalized spacial score (nSPS) is 25.5. The van der Waals surface area contributed by atoms with Crippen molar-refractivity contribution in [3.05, 3.63) is 28.5 Å². The predicted octanol–water partition coefficient (Wildman–Crippen LogP) is 3.90. The Hall–Kier alpha value is -0.410. The number of aromatic nitrogens is 1. The van der Waals surface area contributed by atoms with Crippen LogP contribution < -0.4 is 5.32 Å². The van der Waals surface area contributed by atoms with Crippen molar-refractivity contribution in [2.24, 2.45) is 5.92 Å². The van der Waals surface area contributed by atoms with E-state index in [9.17, 15) is 0 Å². The van der Waals surface area contributed by atoms with Gasteiger partial charge in [-0.3, -0.25) is 0 Å². The van der Waals surface area contributed by atoms with E-state index in [2.05, 4.69) is 39.2 Å². The van der Waals surface area contributed by atoms with Crippen LogP contribution in [0.25, 0.3) is 0 Å². The molecule has 0 aliphatic heterocycles. The quantitative estimate of drug-likeness (QED) is 0.676. The molecule has 1 aliphatic rings. The lowest BCUT2D eigenvalue weighted by Gasteiger charge is -2.16. The first-order valence-corrected chi connectivity index (χ1v) is 7.38. The molecule has 0 aromatic carbocycles. The number of hydrogen-bond donors (Lipinski definition) is 1. The summed E-state index contributed by atoms with van der Waals surface area (Å²) in [6.45, 7) is 3.26. The van der Waals surface area contributed by atoms with Crippen molar-refractivity contribution >= 4 is 15.9 Å². The molecule has 1 fully saturated rings. The van der Waals surface area contributed by atoms with Crippen LogP contribution in [0.3, 0.4) is 0 Å². The van der Waals surface area contributed by atoms with Crippen LogP contribution in [-0.2, 0) is 6.54 Å². The minimum Gasteiger partial charge on any atom is -0.308 e. The van der Waals surface area contributed by atoms with Crippen molar-refractivity contribution < 1.29 is 0 Å². The van der Waals surface area contributed by atoms with Crippen molar-refractivity contribution in [2.75, 3.05) is 0 Å². The van der Waals surface area contributed by atoms with Gasteiger partial charge in [-0.15, -0.1) is 0 Å².